The molecule has 0 aromatic heterocycles. The number of hydrogen-bond donors (Lipinski definition) is 3. The zero-order chi connectivity index (χ0) is 35.5. The molecule has 0 spiro atoms. The van der Waals surface area contributed by atoms with E-state index in [1.54, 1.807) is 103 Å². The SMILES string of the molecule is CC(=O)N[C@H]1[C@H]([C@H](O)[C@@H](COC(=O)c2ccccc2)OC(=O)c2ccccc2)OC(CO)(Sc2ccccc2)C[C@@H]1OC(=O)c1ccccc1. The third kappa shape index (κ3) is 9.36. The Morgan fingerprint density at radius 1 is 0.800 bits per heavy atom. The van der Waals surface area contributed by atoms with Gasteiger partial charge >= 0.3 is 17.9 Å². The first kappa shape index (κ1) is 36.3. The summed E-state index contributed by atoms with van der Waals surface area (Å²) >= 11 is 1.14. The Morgan fingerprint density at radius 2 is 1.30 bits per heavy atom. The smallest absolute Gasteiger partial charge is 0.338 e. The summed E-state index contributed by atoms with van der Waals surface area (Å²) in [6.45, 7) is 0.0483. The normalized spacial score (nSPS) is 21.2. The van der Waals surface area contributed by atoms with E-state index >= 15 is 0 Å². The van der Waals surface area contributed by atoms with E-state index in [0.29, 0.717) is 4.90 Å². The zero-order valence-corrected chi connectivity index (χ0v) is 27.9. The predicted octanol–water partition coefficient (Wildman–Crippen LogP) is 4.43. The Labute approximate surface area is 293 Å². The van der Waals surface area contributed by atoms with Crippen LogP contribution in [0.5, 0.6) is 0 Å². The molecular formula is C38H37NO10S. The number of benzene rings is 4. The standard InChI is InChI=1S/C38H37NO10S/c1-25(41)39-32-30(47-36(44)27-16-8-3-9-17-27)22-38(24-40,50-29-20-12-5-13-21-29)49-34(32)33(42)31(48-37(45)28-18-10-4-11-19-28)23-46-35(43)26-14-6-2-7-15-26/h2-21,30-34,40,42H,22-24H2,1H3,(H,39,41)/t30-,31+,32+,33+,34+,38?/m0/s1. The number of aliphatic hydroxyl groups is 2. The predicted molar refractivity (Wildman–Crippen MR) is 183 cm³/mol. The number of hydrogen-bond acceptors (Lipinski definition) is 11. The van der Waals surface area contributed by atoms with Gasteiger partial charge in [0.05, 0.1) is 29.3 Å². The van der Waals surface area contributed by atoms with E-state index in [2.05, 4.69) is 5.32 Å². The molecule has 1 amide bonds. The van der Waals surface area contributed by atoms with Crippen molar-refractivity contribution in [2.45, 2.75) is 53.6 Å². The van der Waals surface area contributed by atoms with Crippen LogP contribution < -0.4 is 5.32 Å². The topological polar surface area (TPSA) is 158 Å². The Balaban J connectivity index is 1.52. The fourth-order valence-corrected chi connectivity index (χ4v) is 6.71. The number of amides is 1. The lowest BCUT2D eigenvalue weighted by Gasteiger charge is -2.49. The molecule has 0 bridgehead atoms. The number of nitrogens with one attached hydrogen (secondary N) is 1. The molecule has 1 unspecified atom stereocenters. The van der Waals surface area contributed by atoms with Crippen molar-refractivity contribution in [3.63, 3.8) is 0 Å². The molecule has 1 aliphatic heterocycles. The molecule has 1 aliphatic rings. The molecule has 12 heteroatoms. The van der Waals surface area contributed by atoms with Crippen molar-refractivity contribution in [1.29, 1.82) is 0 Å². The number of rotatable bonds is 13. The molecule has 5 rings (SSSR count). The minimum absolute atomic E-state index is 0.104. The Kier molecular flexibility index (Phi) is 12.4. The molecule has 1 fully saturated rings. The summed E-state index contributed by atoms with van der Waals surface area (Å²) in [5, 5.41) is 25.7. The molecular weight excluding hydrogens is 662 g/mol. The van der Waals surface area contributed by atoms with E-state index in [1.165, 1.54) is 19.1 Å². The number of carbonyl (C=O) groups excluding carboxylic acids is 4. The number of thioether (sulfide) groups is 1. The minimum Gasteiger partial charge on any atom is -0.458 e. The fraction of sp³-hybridized carbons (Fsp3) is 0.263. The summed E-state index contributed by atoms with van der Waals surface area (Å²) in [6.07, 6.45) is -6.05. The van der Waals surface area contributed by atoms with Gasteiger partial charge in [-0.05, 0) is 48.5 Å². The second-order valence-corrected chi connectivity index (χ2v) is 13.0. The van der Waals surface area contributed by atoms with Crippen LogP contribution in [-0.4, -0.2) is 82.6 Å². The van der Waals surface area contributed by atoms with Gasteiger partial charge in [-0.2, -0.15) is 0 Å². The maximum Gasteiger partial charge on any atom is 0.338 e. The highest BCUT2D eigenvalue weighted by Crippen LogP contribution is 2.44. The lowest BCUT2D eigenvalue weighted by molar-refractivity contribution is -0.200. The van der Waals surface area contributed by atoms with Crippen molar-refractivity contribution in [3.05, 3.63) is 138 Å². The van der Waals surface area contributed by atoms with Crippen molar-refractivity contribution >= 4 is 35.6 Å². The maximum absolute atomic E-state index is 13.4. The van der Waals surface area contributed by atoms with Gasteiger partial charge in [-0.25, -0.2) is 14.4 Å². The van der Waals surface area contributed by atoms with E-state index in [0.717, 1.165) is 11.8 Å². The number of carbonyl (C=O) groups is 4. The first-order valence-corrected chi connectivity index (χ1v) is 16.7. The van der Waals surface area contributed by atoms with E-state index in [9.17, 15) is 29.4 Å². The van der Waals surface area contributed by atoms with E-state index in [-0.39, 0.29) is 23.1 Å². The fourth-order valence-electron chi connectivity index (χ4n) is 5.51. The number of aliphatic hydroxyl groups excluding tert-OH is 2. The Bertz CT molecular complexity index is 1730. The maximum atomic E-state index is 13.4. The lowest BCUT2D eigenvalue weighted by Crippen LogP contribution is -2.66. The minimum atomic E-state index is -1.79. The average molecular weight is 700 g/mol. The van der Waals surface area contributed by atoms with Gasteiger partial charge in [-0.1, -0.05) is 84.6 Å². The average Bonchev–Trinajstić information content (AvgIpc) is 3.15. The Morgan fingerprint density at radius 3 is 1.82 bits per heavy atom. The molecule has 0 aliphatic carbocycles. The van der Waals surface area contributed by atoms with Gasteiger partial charge in [0.2, 0.25) is 5.91 Å². The van der Waals surface area contributed by atoms with E-state index in [1.807, 2.05) is 6.07 Å². The van der Waals surface area contributed by atoms with E-state index in [4.69, 9.17) is 18.9 Å². The molecule has 4 aromatic rings. The van der Waals surface area contributed by atoms with Gasteiger partial charge in [-0.15, -0.1) is 0 Å². The third-order valence-corrected chi connectivity index (χ3v) is 9.19. The van der Waals surface area contributed by atoms with Crippen molar-refractivity contribution in [1.82, 2.24) is 5.32 Å². The van der Waals surface area contributed by atoms with Crippen molar-refractivity contribution in [2.75, 3.05) is 13.2 Å². The third-order valence-electron chi connectivity index (χ3n) is 7.92. The second-order valence-electron chi connectivity index (χ2n) is 11.6. The highest BCUT2D eigenvalue weighted by molar-refractivity contribution is 8.00. The molecule has 50 heavy (non-hydrogen) atoms. The molecule has 6 atom stereocenters. The monoisotopic (exact) mass is 699 g/mol. The van der Waals surface area contributed by atoms with Crippen LogP contribution in [0, 0.1) is 0 Å². The van der Waals surface area contributed by atoms with Crippen LogP contribution in [0.25, 0.3) is 0 Å². The van der Waals surface area contributed by atoms with Crippen LogP contribution in [0.2, 0.25) is 0 Å². The summed E-state index contributed by atoms with van der Waals surface area (Å²) < 4.78 is 23.8. The number of esters is 3. The summed E-state index contributed by atoms with van der Waals surface area (Å²) in [7, 11) is 0. The van der Waals surface area contributed by atoms with E-state index < -0.39 is 72.4 Å². The molecule has 0 saturated carbocycles. The molecule has 1 heterocycles. The highest BCUT2D eigenvalue weighted by atomic mass is 32.2. The second kappa shape index (κ2) is 17.1. The van der Waals surface area contributed by atoms with Crippen LogP contribution >= 0.6 is 11.8 Å². The van der Waals surface area contributed by atoms with Crippen LogP contribution in [0.1, 0.15) is 44.4 Å². The molecule has 4 aromatic carbocycles. The Hall–Kier alpha value is -5.01. The van der Waals surface area contributed by atoms with Gasteiger partial charge in [0, 0.05) is 18.2 Å². The molecule has 260 valence electrons. The van der Waals surface area contributed by atoms with Crippen LogP contribution in [0.3, 0.4) is 0 Å². The van der Waals surface area contributed by atoms with Crippen molar-refractivity contribution in [2.24, 2.45) is 0 Å². The molecule has 1 saturated heterocycles. The van der Waals surface area contributed by atoms with Gasteiger partial charge in [0.25, 0.3) is 0 Å². The van der Waals surface area contributed by atoms with Gasteiger partial charge in [-0.3, -0.25) is 4.79 Å². The molecule has 11 nitrogen and oxygen atoms in total. The zero-order valence-electron chi connectivity index (χ0n) is 27.1. The molecule has 3 N–H and O–H groups in total. The summed E-state index contributed by atoms with van der Waals surface area (Å²) in [4.78, 5) is 51.4. The summed E-state index contributed by atoms with van der Waals surface area (Å²) in [6, 6.07) is 32.2. The van der Waals surface area contributed by atoms with Crippen molar-refractivity contribution < 1.29 is 48.3 Å². The highest BCUT2D eigenvalue weighted by Gasteiger charge is 2.54. The van der Waals surface area contributed by atoms with Gasteiger partial charge < -0.3 is 34.5 Å². The first-order valence-electron chi connectivity index (χ1n) is 15.9. The largest absolute Gasteiger partial charge is 0.458 e. The lowest BCUT2D eigenvalue weighted by atomic mass is 9.89. The van der Waals surface area contributed by atoms with Crippen LogP contribution in [0.15, 0.2) is 126 Å². The first-order chi connectivity index (χ1) is 24.2. The molecule has 0 radical (unpaired) electrons. The van der Waals surface area contributed by atoms with Gasteiger partial charge in [0.1, 0.15) is 29.9 Å². The summed E-state index contributed by atoms with van der Waals surface area (Å²) in [5.41, 5.74) is 0.637. The van der Waals surface area contributed by atoms with Crippen LogP contribution in [-0.2, 0) is 23.7 Å². The van der Waals surface area contributed by atoms with Crippen LogP contribution in [0.4, 0.5) is 0 Å². The summed E-state index contributed by atoms with van der Waals surface area (Å²) in [5.74, 6) is -2.80. The quantitative estimate of drug-likeness (QED) is 0.134. The van der Waals surface area contributed by atoms with Gasteiger partial charge in [0.15, 0.2) is 6.10 Å². The number of ether oxygens (including phenoxy) is 4. The van der Waals surface area contributed by atoms with Crippen molar-refractivity contribution in [3.8, 4) is 0 Å².